The van der Waals surface area contributed by atoms with Crippen molar-refractivity contribution in [1.29, 1.82) is 0 Å². The molecule has 2 heterocycles. The van der Waals surface area contributed by atoms with Gasteiger partial charge in [-0.1, -0.05) is 30.3 Å². The van der Waals surface area contributed by atoms with Gasteiger partial charge in [-0.05, 0) is 37.0 Å². The molecule has 3 rings (SSSR count). The Morgan fingerprint density at radius 3 is 2.43 bits per heavy atom. The summed E-state index contributed by atoms with van der Waals surface area (Å²) in [5.74, 6) is -0.289. The summed E-state index contributed by atoms with van der Waals surface area (Å²) < 4.78 is 0. The molecule has 0 bridgehead atoms. The first-order valence-electron chi connectivity index (χ1n) is 7.80. The number of primary amides is 1. The highest BCUT2D eigenvalue weighted by Gasteiger charge is 2.27. The van der Waals surface area contributed by atoms with Crippen LogP contribution in [-0.2, 0) is 4.79 Å². The quantitative estimate of drug-likeness (QED) is 0.941. The van der Waals surface area contributed by atoms with Crippen LogP contribution in [0.15, 0.2) is 36.4 Å². The van der Waals surface area contributed by atoms with E-state index in [1.54, 1.807) is 0 Å². The molecular formula is C18H20N2O2S. The third-order valence-electron chi connectivity index (χ3n) is 4.35. The van der Waals surface area contributed by atoms with E-state index >= 15 is 0 Å². The van der Waals surface area contributed by atoms with Crippen molar-refractivity contribution in [3.63, 3.8) is 0 Å². The Kier molecular flexibility index (Phi) is 4.48. The van der Waals surface area contributed by atoms with Crippen LogP contribution < -0.4 is 5.73 Å². The van der Waals surface area contributed by atoms with Crippen LogP contribution in [0.1, 0.15) is 28.1 Å². The highest BCUT2D eigenvalue weighted by molar-refractivity contribution is 7.17. The Morgan fingerprint density at radius 1 is 1.17 bits per heavy atom. The molecular weight excluding hydrogens is 308 g/mol. The molecule has 1 fully saturated rings. The second-order valence-corrected chi connectivity index (χ2v) is 7.01. The fraction of sp³-hybridized carbons (Fsp3) is 0.333. The molecule has 0 unspecified atom stereocenters. The van der Waals surface area contributed by atoms with Crippen molar-refractivity contribution in [3.8, 4) is 10.4 Å². The molecule has 0 spiro atoms. The van der Waals surface area contributed by atoms with Gasteiger partial charge in [0.05, 0.1) is 4.88 Å². The number of amides is 2. The molecule has 1 saturated heterocycles. The minimum absolute atomic E-state index is 0.0585. The lowest BCUT2D eigenvalue weighted by Crippen LogP contribution is -2.41. The van der Waals surface area contributed by atoms with Gasteiger partial charge in [0.25, 0.3) is 5.91 Å². The van der Waals surface area contributed by atoms with Crippen molar-refractivity contribution in [1.82, 2.24) is 4.90 Å². The molecule has 1 aromatic carbocycles. The predicted molar refractivity (Wildman–Crippen MR) is 92.3 cm³/mol. The average Bonchev–Trinajstić information content (AvgIpc) is 2.97. The van der Waals surface area contributed by atoms with Crippen molar-refractivity contribution < 1.29 is 9.59 Å². The van der Waals surface area contributed by atoms with Gasteiger partial charge in [0.15, 0.2) is 0 Å². The number of piperidine rings is 1. The van der Waals surface area contributed by atoms with Crippen molar-refractivity contribution in [2.45, 2.75) is 19.8 Å². The van der Waals surface area contributed by atoms with Crippen LogP contribution in [0.25, 0.3) is 10.4 Å². The summed E-state index contributed by atoms with van der Waals surface area (Å²) in [4.78, 5) is 27.7. The molecule has 2 N–H and O–H groups in total. The molecule has 4 nitrogen and oxygen atoms in total. The third kappa shape index (κ3) is 3.29. The van der Waals surface area contributed by atoms with Crippen LogP contribution in [0, 0.1) is 12.8 Å². The number of thiophene rings is 1. The highest BCUT2D eigenvalue weighted by atomic mass is 32.1. The zero-order valence-electron chi connectivity index (χ0n) is 13.1. The lowest BCUT2D eigenvalue weighted by Gasteiger charge is -2.30. The highest BCUT2D eigenvalue weighted by Crippen LogP contribution is 2.33. The second kappa shape index (κ2) is 6.54. The molecule has 1 aromatic heterocycles. The number of nitrogens with two attached hydrogens (primary N) is 1. The van der Waals surface area contributed by atoms with Gasteiger partial charge < -0.3 is 10.6 Å². The topological polar surface area (TPSA) is 63.4 Å². The largest absolute Gasteiger partial charge is 0.369 e. The van der Waals surface area contributed by atoms with Crippen LogP contribution in [0.2, 0.25) is 0 Å². The molecule has 120 valence electrons. The second-order valence-electron chi connectivity index (χ2n) is 5.96. The van der Waals surface area contributed by atoms with E-state index in [4.69, 9.17) is 5.73 Å². The third-order valence-corrected chi connectivity index (χ3v) is 5.62. The Hall–Kier alpha value is -2.14. The summed E-state index contributed by atoms with van der Waals surface area (Å²) in [6, 6.07) is 12.1. The Morgan fingerprint density at radius 2 is 1.83 bits per heavy atom. The Labute approximate surface area is 139 Å². The molecule has 5 heteroatoms. The van der Waals surface area contributed by atoms with Crippen molar-refractivity contribution in [2.24, 2.45) is 11.7 Å². The first kappa shape index (κ1) is 15.7. The summed E-state index contributed by atoms with van der Waals surface area (Å²) in [6.07, 6.45) is 1.33. The zero-order valence-corrected chi connectivity index (χ0v) is 13.9. The van der Waals surface area contributed by atoms with Gasteiger partial charge in [0.1, 0.15) is 0 Å². The summed E-state index contributed by atoms with van der Waals surface area (Å²) in [7, 11) is 0. The van der Waals surface area contributed by atoms with Crippen LogP contribution in [0.4, 0.5) is 0 Å². The van der Waals surface area contributed by atoms with Crippen molar-refractivity contribution in [3.05, 3.63) is 46.8 Å². The summed E-state index contributed by atoms with van der Waals surface area (Å²) in [5.41, 5.74) is 7.61. The van der Waals surface area contributed by atoms with Gasteiger partial charge >= 0.3 is 0 Å². The van der Waals surface area contributed by atoms with E-state index in [1.165, 1.54) is 11.3 Å². The van der Waals surface area contributed by atoms with E-state index < -0.39 is 0 Å². The fourth-order valence-corrected chi connectivity index (χ4v) is 4.13. The van der Waals surface area contributed by atoms with Crippen LogP contribution in [0.3, 0.4) is 0 Å². The van der Waals surface area contributed by atoms with Gasteiger partial charge in [-0.15, -0.1) is 11.3 Å². The zero-order chi connectivity index (χ0) is 16.4. The minimum atomic E-state index is -0.254. The van der Waals surface area contributed by atoms with E-state index in [0.29, 0.717) is 25.9 Å². The SMILES string of the molecule is Cc1cc(C(=O)N2CCC(C(N)=O)CC2)sc1-c1ccccc1. The lowest BCUT2D eigenvalue weighted by atomic mass is 9.96. The van der Waals surface area contributed by atoms with E-state index in [0.717, 1.165) is 20.9 Å². The maximum atomic E-state index is 12.7. The number of carbonyl (C=O) groups excluding carboxylic acids is 2. The number of rotatable bonds is 3. The molecule has 2 amide bonds. The molecule has 23 heavy (non-hydrogen) atoms. The number of likely N-dealkylation sites (tertiary alicyclic amines) is 1. The first-order chi connectivity index (χ1) is 11.1. The van der Waals surface area contributed by atoms with Gasteiger partial charge in [0.2, 0.25) is 5.91 Å². The number of hydrogen-bond donors (Lipinski definition) is 1. The molecule has 0 aliphatic carbocycles. The van der Waals surface area contributed by atoms with E-state index in [-0.39, 0.29) is 17.7 Å². The lowest BCUT2D eigenvalue weighted by molar-refractivity contribution is -0.123. The van der Waals surface area contributed by atoms with E-state index in [1.807, 2.05) is 36.1 Å². The number of carbonyl (C=O) groups is 2. The van der Waals surface area contributed by atoms with Gasteiger partial charge in [-0.25, -0.2) is 0 Å². The predicted octanol–water partition coefficient (Wildman–Crippen LogP) is 3.06. The van der Waals surface area contributed by atoms with Gasteiger partial charge in [0, 0.05) is 23.9 Å². The number of hydrogen-bond acceptors (Lipinski definition) is 3. The maximum Gasteiger partial charge on any atom is 0.263 e. The molecule has 2 aromatic rings. The average molecular weight is 328 g/mol. The van der Waals surface area contributed by atoms with E-state index in [9.17, 15) is 9.59 Å². The Bertz CT molecular complexity index is 716. The van der Waals surface area contributed by atoms with Gasteiger partial charge in [-0.3, -0.25) is 9.59 Å². The molecule has 0 radical (unpaired) electrons. The Balaban J connectivity index is 1.75. The normalized spacial score (nSPS) is 15.6. The minimum Gasteiger partial charge on any atom is -0.369 e. The van der Waals surface area contributed by atoms with Crippen LogP contribution in [0.5, 0.6) is 0 Å². The molecule has 0 atom stereocenters. The molecule has 1 aliphatic rings. The number of aryl methyl sites for hydroxylation is 1. The van der Waals surface area contributed by atoms with Crippen LogP contribution in [-0.4, -0.2) is 29.8 Å². The number of nitrogens with zero attached hydrogens (tertiary/aromatic N) is 1. The van der Waals surface area contributed by atoms with Crippen molar-refractivity contribution >= 4 is 23.2 Å². The maximum absolute atomic E-state index is 12.7. The summed E-state index contributed by atoms with van der Waals surface area (Å²) in [5, 5.41) is 0. The fourth-order valence-electron chi connectivity index (χ4n) is 2.99. The standard InChI is InChI=1S/C18H20N2O2S/c1-12-11-15(23-16(12)13-5-3-2-4-6-13)18(22)20-9-7-14(8-10-20)17(19)21/h2-6,11,14H,7-10H2,1H3,(H2,19,21). The first-order valence-corrected chi connectivity index (χ1v) is 8.62. The molecule has 1 aliphatic heterocycles. The van der Waals surface area contributed by atoms with E-state index in [2.05, 4.69) is 12.1 Å². The smallest absolute Gasteiger partial charge is 0.263 e. The van der Waals surface area contributed by atoms with Gasteiger partial charge in [-0.2, -0.15) is 0 Å². The summed E-state index contributed by atoms with van der Waals surface area (Å²) in [6.45, 7) is 3.24. The van der Waals surface area contributed by atoms with Crippen molar-refractivity contribution in [2.75, 3.05) is 13.1 Å². The number of benzene rings is 1. The van der Waals surface area contributed by atoms with Crippen LogP contribution >= 0.6 is 11.3 Å². The molecule has 0 saturated carbocycles. The summed E-state index contributed by atoms with van der Waals surface area (Å²) >= 11 is 1.54. The monoisotopic (exact) mass is 328 g/mol.